The maximum absolute atomic E-state index is 13.1. The summed E-state index contributed by atoms with van der Waals surface area (Å²) >= 11 is 6.37. The Morgan fingerprint density at radius 1 is 1.03 bits per heavy atom. The van der Waals surface area contributed by atoms with Gasteiger partial charge in [-0.15, -0.1) is 0 Å². The van der Waals surface area contributed by atoms with E-state index < -0.39 is 0 Å². The number of rotatable bonds is 4. The first kappa shape index (κ1) is 24.1. The highest BCUT2D eigenvalue weighted by molar-refractivity contribution is 6.32. The molecule has 5 heterocycles. The van der Waals surface area contributed by atoms with Crippen molar-refractivity contribution in [1.29, 1.82) is 0 Å². The number of pyridine rings is 2. The van der Waals surface area contributed by atoms with Gasteiger partial charge in [-0.3, -0.25) is 14.8 Å². The van der Waals surface area contributed by atoms with Crippen molar-refractivity contribution in [2.24, 2.45) is 5.92 Å². The normalized spacial score (nSPS) is 16.3. The van der Waals surface area contributed by atoms with Gasteiger partial charge in [0.1, 0.15) is 5.02 Å². The Bertz CT molecular complexity index is 1460. The van der Waals surface area contributed by atoms with Crippen LogP contribution >= 0.6 is 11.6 Å². The van der Waals surface area contributed by atoms with Crippen LogP contribution in [-0.4, -0.2) is 38.9 Å². The summed E-state index contributed by atoms with van der Waals surface area (Å²) in [6, 6.07) is 12.0. The average Bonchev–Trinajstić information content (AvgIpc) is 3.39. The van der Waals surface area contributed by atoms with Crippen molar-refractivity contribution >= 4 is 52.0 Å². The van der Waals surface area contributed by atoms with Gasteiger partial charge in [-0.1, -0.05) is 11.6 Å². The average molecular weight is 527 g/mol. The highest BCUT2D eigenvalue weighted by Gasteiger charge is 2.25. The van der Waals surface area contributed by atoms with Gasteiger partial charge >= 0.3 is 0 Å². The van der Waals surface area contributed by atoms with Gasteiger partial charge in [0.2, 0.25) is 11.9 Å². The predicted molar refractivity (Wildman–Crippen MR) is 149 cm³/mol. The predicted octanol–water partition coefficient (Wildman–Crippen LogP) is 5.36. The molecule has 0 saturated carbocycles. The van der Waals surface area contributed by atoms with Gasteiger partial charge in [0, 0.05) is 55.2 Å². The summed E-state index contributed by atoms with van der Waals surface area (Å²) in [7, 11) is 0. The molecule has 1 aromatic carbocycles. The number of carbonyl (C=O) groups excluding carboxylic acids is 1. The van der Waals surface area contributed by atoms with Crippen LogP contribution in [0.3, 0.4) is 0 Å². The van der Waals surface area contributed by atoms with Crippen molar-refractivity contribution < 1.29 is 4.79 Å². The molecule has 2 aliphatic rings. The third-order valence-electron chi connectivity index (χ3n) is 6.91. The second-order valence-corrected chi connectivity index (χ2v) is 10.1. The lowest BCUT2D eigenvalue weighted by atomic mass is 10.0. The molecule has 0 spiro atoms. The molecule has 9 nitrogen and oxygen atoms in total. The molecule has 2 aliphatic heterocycles. The van der Waals surface area contributed by atoms with Crippen LogP contribution in [-0.2, 0) is 17.6 Å². The van der Waals surface area contributed by atoms with Gasteiger partial charge in [-0.25, -0.2) is 4.98 Å². The molecular formula is C28H27ClN8O. The number of halogens is 1. The van der Waals surface area contributed by atoms with Crippen LogP contribution in [0.15, 0.2) is 67.4 Å². The summed E-state index contributed by atoms with van der Waals surface area (Å²) in [5, 5.41) is 10.1. The van der Waals surface area contributed by atoms with Gasteiger partial charge in [0.25, 0.3) is 0 Å². The van der Waals surface area contributed by atoms with Crippen molar-refractivity contribution in [1.82, 2.24) is 19.9 Å². The smallest absolute Gasteiger partial charge is 0.229 e. The number of fused-ring (bicyclic) bond motifs is 6. The van der Waals surface area contributed by atoms with E-state index in [-0.39, 0.29) is 5.91 Å². The molecule has 3 aromatic heterocycles. The van der Waals surface area contributed by atoms with E-state index in [2.05, 4.69) is 40.8 Å². The summed E-state index contributed by atoms with van der Waals surface area (Å²) < 4.78 is 0. The Kier molecular flexibility index (Phi) is 6.75. The zero-order valence-corrected chi connectivity index (χ0v) is 21.4. The Morgan fingerprint density at radius 3 is 2.82 bits per heavy atom. The topological polar surface area (TPSA) is 108 Å². The van der Waals surface area contributed by atoms with Crippen LogP contribution in [0.1, 0.15) is 24.0 Å². The fourth-order valence-corrected chi connectivity index (χ4v) is 5.14. The second-order valence-electron chi connectivity index (χ2n) is 9.65. The number of nitrogens with one attached hydrogen (secondary N) is 3. The van der Waals surface area contributed by atoms with Crippen molar-refractivity contribution in [3.05, 3.63) is 83.5 Å². The van der Waals surface area contributed by atoms with E-state index in [9.17, 15) is 4.79 Å². The van der Waals surface area contributed by atoms with E-state index in [4.69, 9.17) is 11.6 Å². The standard InChI is InChI=1S/C28H27ClN8O/c29-24-16-32-28-34-22-11-18(14-31-15-22)1-2-20-13-21(33-27(24)36-28)3-4-25(20)35-26(38)12-19-7-10-37(17-19)23-5-8-30-9-6-23/h3-6,8-9,11,13-16,19H,1-2,7,10,12,17H2,(H,35,38)(H2,32,33,34,36). The first-order valence-corrected chi connectivity index (χ1v) is 13.0. The second kappa shape index (κ2) is 10.6. The van der Waals surface area contributed by atoms with Crippen LogP contribution < -0.4 is 20.9 Å². The van der Waals surface area contributed by atoms with E-state index in [1.165, 1.54) is 0 Å². The molecule has 6 rings (SSSR count). The molecule has 10 heteroatoms. The highest BCUT2D eigenvalue weighted by atomic mass is 35.5. The maximum Gasteiger partial charge on any atom is 0.229 e. The summed E-state index contributed by atoms with van der Waals surface area (Å²) in [5.41, 5.74) is 5.69. The maximum atomic E-state index is 13.1. The fourth-order valence-electron chi connectivity index (χ4n) is 5.00. The Labute approximate surface area is 225 Å². The molecule has 0 radical (unpaired) electrons. The molecule has 192 valence electrons. The molecule has 3 N–H and O–H groups in total. The van der Waals surface area contributed by atoms with Gasteiger partial charge in [0.15, 0.2) is 5.82 Å². The Hall–Kier alpha value is -4.24. The number of aromatic nitrogens is 4. The fraction of sp³-hybridized carbons (Fsp3) is 0.250. The van der Waals surface area contributed by atoms with Crippen LogP contribution in [0.25, 0.3) is 0 Å². The molecule has 1 saturated heterocycles. The zero-order valence-electron chi connectivity index (χ0n) is 20.7. The van der Waals surface area contributed by atoms with Crippen molar-refractivity contribution in [2.45, 2.75) is 25.7 Å². The first-order valence-electron chi connectivity index (χ1n) is 12.7. The number of nitrogens with zero attached hydrogens (tertiary/aromatic N) is 5. The number of amides is 1. The summed E-state index contributed by atoms with van der Waals surface area (Å²) in [5.74, 6) is 1.26. The molecule has 0 aliphatic carbocycles. The SMILES string of the molecule is O=C(CC1CCN(c2ccncc2)C1)Nc1ccc2cc1CCc1cncc(c1)Nc1ncc(Cl)c(n1)N2. The van der Waals surface area contributed by atoms with Gasteiger partial charge < -0.3 is 20.9 Å². The summed E-state index contributed by atoms with van der Waals surface area (Å²) in [6.45, 7) is 1.81. The van der Waals surface area contributed by atoms with Crippen molar-refractivity contribution in [2.75, 3.05) is 33.9 Å². The molecule has 6 bridgehead atoms. The lowest BCUT2D eigenvalue weighted by molar-refractivity contribution is -0.116. The van der Waals surface area contributed by atoms with Gasteiger partial charge in [-0.2, -0.15) is 4.98 Å². The van der Waals surface area contributed by atoms with Crippen LogP contribution in [0.4, 0.5) is 34.5 Å². The van der Waals surface area contributed by atoms with Crippen molar-refractivity contribution in [3.63, 3.8) is 0 Å². The van der Waals surface area contributed by atoms with E-state index in [0.717, 1.165) is 66.2 Å². The number of hydrogen-bond donors (Lipinski definition) is 3. The summed E-state index contributed by atoms with van der Waals surface area (Å²) in [4.78, 5) is 32.7. The van der Waals surface area contributed by atoms with E-state index in [0.29, 0.717) is 29.1 Å². The Morgan fingerprint density at radius 2 is 1.92 bits per heavy atom. The quantitative estimate of drug-likeness (QED) is 0.326. The lowest BCUT2D eigenvalue weighted by Crippen LogP contribution is -2.22. The zero-order chi connectivity index (χ0) is 25.9. The number of anilines is 6. The summed E-state index contributed by atoms with van der Waals surface area (Å²) in [6.07, 6.45) is 11.7. The monoisotopic (exact) mass is 526 g/mol. The third-order valence-corrected chi connectivity index (χ3v) is 7.18. The third kappa shape index (κ3) is 5.52. The van der Waals surface area contributed by atoms with Gasteiger partial charge in [-0.05, 0) is 72.7 Å². The van der Waals surface area contributed by atoms with Gasteiger partial charge in [0.05, 0.1) is 18.1 Å². The van der Waals surface area contributed by atoms with Crippen LogP contribution in [0, 0.1) is 5.92 Å². The molecule has 1 atom stereocenters. The molecule has 38 heavy (non-hydrogen) atoms. The van der Waals surface area contributed by atoms with E-state index in [1.54, 1.807) is 24.8 Å². The molecule has 1 unspecified atom stereocenters. The van der Waals surface area contributed by atoms with E-state index >= 15 is 0 Å². The minimum atomic E-state index is 0.0304. The largest absolute Gasteiger partial charge is 0.371 e. The van der Waals surface area contributed by atoms with Crippen LogP contribution in [0.5, 0.6) is 0 Å². The Balaban J connectivity index is 1.21. The minimum Gasteiger partial charge on any atom is -0.371 e. The first-order chi connectivity index (χ1) is 18.6. The molecule has 1 amide bonds. The number of benzene rings is 1. The minimum absolute atomic E-state index is 0.0304. The molecule has 4 aromatic rings. The molecular weight excluding hydrogens is 500 g/mol. The van der Waals surface area contributed by atoms with Crippen molar-refractivity contribution in [3.8, 4) is 0 Å². The van der Waals surface area contributed by atoms with E-state index in [1.807, 2.05) is 42.6 Å². The van der Waals surface area contributed by atoms with Crippen LogP contribution in [0.2, 0.25) is 5.02 Å². The number of aryl methyl sites for hydroxylation is 2. The molecule has 1 fully saturated rings. The highest BCUT2D eigenvalue weighted by Crippen LogP contribution is 2.30. The number of hydrogen-bond acceptors (Lipinski definition) is 8. The lowest BCUT2D eigenvalue weighted by Gasteiger charge is -2.18. The number of carbonyl (C=O) groups is 1.